The first kappa shape index (κ1) is 21.5. The third kappa shape index (κ3) is 5.04. The maximum atomic E-state index is 13.6. The highest BCUT2D eigenvalue weighted by atomic mass is 35.5. The normalized spacial score (nSPS) is 10.3. The second-order valence-corrected chi connectivity index (χ2v) is 7.00. The number of nitrogens with one attached hydrogen (secondary N) is 1. The van der Waals surface area contributed by atoms with Crippen molar-refractivity contribution < 1.29 is 8.78 Å². The van der Waals surface area contributed by atoms with Gasteiger partial charge in [-0.25, -0.2) is 8.78 Å². The number of hydrogen-bond acceptors (Lipinski definition) is 4. The van der Waals surface area contributed by atoms with Gasteiger partial charge in [-0.1, -0.05) is 28.3 Å². The predicted octanol–water partition coefficient (Wildman–Crippen LogP) is 6.91. The van der Waals surface area contributed by atoms with Gasteiger partial charge >= 0.3 is 0 Å². The van der Waals surface area contributed by atoms with Crippen LogP contribution in [0.3, 0.4) is 0 Å². The van der Waals surface area contributed by atoms with Crippen LogP contribution in [0.15, 0.2) is 53.9 Å². The van der Waals surface area contributed by atoms with Gasteiger partial charge in [0.15, 0.2) is 5.82 Å². The van der Waals surface area contributed by atoms with Gasteiger partial charge in [0.1, 0.15) is 16.9 Å². The number of halogens is 4. The molecule has 0 spiro atoms. The largest absolute Gasteiger partial charge is 0.388 e. The van der Waals surface area contributed by atoms with Crippen molar-refractivity contribution in [3.05, 3.63) is 86.5 Å². The standard InChI is InChI=1S/C10H6ClFN4.C10H8ClFN2/c11-8-3-7-1-6(4-15-16-13)2-9(12)10(7)14-5-8;1-13-8-3-6-2-7(11)5-14-10(6)9(12)4-8/h1-3,5H,4H2;2-5,13H,1H3. The molecule has 0 bridgehead atoms. The number of hydrogen-bond donors (Lipinski definition) is 1. The Morgan fingerprint density at radius 1 is 0.933 bits per heavy atom. The number of aromatic nitrogens is 2. The van der Waals surface area contributed by atoms with Crippen LogP contribution in [-0.2, 0) is 6.54 Å². The van der Waals surface area contributed by atoms with Crippen LogP contribution in [0.4, 0.5) is 14.5 Å². The molecule has 0 aliphatic rings. The molecule has 4 rings (SSSR count). The van der Waals surface area contributed by atoms with E-state index >= 15 is 0 Å². The number of anilines is 1. The number of fused-ring (bicyclic) bond motifs is 2. The molecule has 0 aliphatic carbocycles. The lowest BCUT2D eigenvalue weighted by Gasteiger charge is -2.03. The van der Waals surface area contributed by atoms with E-state index in [9.17, 15) is 8.78 Å². The quantitative estimate of drug-likeness (QED) is 0.210. The highest BCUT2D eigenvalue weighted by Gasteiger charge is 2.06. The first-order valence-electron chi connectivity index (χ1n) is 8.58. The summed E-state index contributed by atoms with van der Waals surface area (Å²) in [5.41, 5.74) is 10.1. The molecule has 0 saturated heterocycles. The molecule has 1 N–H and O–H groups in total. The van der Waals surface area contributed by atoms with Crippen molar-refractivity contribution in [1.82, 2.24) is 9.97 Å². The summed E-state index contributed by atoms with van der Waals surface area (Å²) in [7, 11) is 1.73. The number of rotatable bonds is 3. The molecule has 0 aliphatic heterocycles. The van der Waals surface area contributed by atoms with Crippen molar-refractivity contribution in [3.8, 4) is 0 Å². The highest BCUT2D eigenvalue weighted by Crippen LogP contribution is 2.23. The summed E-state index contributed by atoms with van der Waals surface area (Å²) >= 11 is 11.5. The molecule has 0 amide bonds. The zero-order chi connectivity index (χ0) is 21.7. The Morgan fingerprint density at radius 3 is 2.07 bits per heavy atom. The van der Waals surface area contributed by atoms with Gasteiger partial charge in [-0.2, -0.15) is 0 Å². The molecule has 6 nitrogen and oxygen atoms in total. The maximum absolute atomic E-state index is 13.6. The summed E-state index contributed by atoms with van der Waals surface area (Å²) in [4.78, 5) is 10.4. The van der Waals surface area contributed by atoms with Crippen LogP contribution in [-0.4, -0.2) is 17.0 Å². The van der Waals surface area contributed by atoms with E-state index in [2.05, 4.69) is 25.3 Å². The fraction of sp³-hybridized carbons (Fsp3) is 0.100. The molecule has 2 aromatic heterocycles. The molecule has 10 heteroatoms. The van der Waals surface area contributed by atoms with Gasteiger partial charge in [0.2, 0.25) is 0 Å². The molecular formula is C20H14Cl2F2N6. The molecule has 2 aromatic carbocycles. The summed E-state index contributed by atoms with van der Waals surface area (Å²) in [5, 5.41) is 8.47. The van der Waals surface area contributed by atoms with Gasteiger partial charge in [0.25, 0.3) is 0 Å². The van der Waals surface area contributed by atoms with Crippen LogP contribution in [0.25, 0.3) is 32.2 Å². The Kier molecular flexibility index (Phi) is 6.84. The number of azide groups is 1. The lowest BCUT2D eigenvalue weighted by molar-refractivity contribution is 0.634. The summed E-state index contributed by atoms with van der Waals surface area (Å²) in [5.74, 6) is -0.791. The Labute approximate surface area is 180 Å². The molecular weight excluding hydrogens is 433 g/mol. The van der Waals surface area contributed by atoms with Crippen LogP contribution in [0.2, 0.25) is 10.0 Å². The summed E-state index contributed by atoms with van der Waals surface area (Å²) in [6.45, 7) is 0.107. The molecule has 0 radical (unpaired) electrons. The second kappa shape index (κ2) is 9.54. The zero-order valence-electron chi connectivity index (χ0n) is 15.6. The summed E-state index contributed by atoms with van der Waals surface area (Å²) in [6.07, 6.45) is 2.83. The molecule has 152 valence electrons. The minimum absolute atomic E-state index is 0.107. The lowest BCUT2D eigenvalue weighted by Crippen LogP contribution is -1.91. The minimum Gasteiger partial charge on any atom is -0.388 e. The van der Waals surface area contributed by atoms with Crippen LogP contribution in [0, 0.1) is 11.6 Å². The molecule has 0 unspecified atom stereocenters. The average Bonchev–Trinajstić information content (AvgIpc) is 2.72. The third-order valence-corrected chi connectivity index (χ3v) is 4.48. The fourth-order valence-corrected chi connectivity index (χ4v) is 3.10. The van der Waals surface area contributed by atoms with E-state index < -0.39 is 5.82 Å². The van der Waals surface area contributed by atoms with Crippen LogP contribution in [0.1, 0.15) is 5.56 Å². The molecule has 30 heavy (non-hydrogen) atoms. The van der Waals surface area contributed by atoms with Crippen molar-refractivity contribution in [2.75, 3.05) is 12.4 Å². The molecule has 0 atom stereocenters. The van der Waals surface area contributed by atoms with Gasteiger partial charge in [0, 0.05) is 40.8 Å². The SMILES string of the molecule is CNc1cc(F)c2ncc(Cl)cc2c1.[N-]=[N+]=NCc1cc(F)c2ncc(Cl)cc2c1. The smallest absolute Gasteiger partial charge is 0.151 e. The lowest BCUT2D eigenvalue weighted by atomic mass is 10.1. The van der Waals surface area contributed by atoms with E-state index in [0.29, 0.717) is 37.6 Å². The van der Waals surface area contributed by atoms with Crippen LogP contribution >= 0.6 is 23.2 Å². The highest BCUT2D eigenvalue weighted by molar-refractivity contribution is 6.31. The van der Waals surface area contributed by atoms with Crippen molar-refractivity contribution >= 4 is 50.7 Å². The predicted molar refractivity (Wildman–Crippen MR) is 116 cm³/mol. The zero-order valence-corrected chi connectivity index (χ0v) is 17.1. The van der Waals surface area contributed by atoms with E-state index in [1.807, 2.05) is 0 Å². The average molecular weight is 447 g/mol. The van der Waals surface area contributed by atoms with Crippen LogP contribution in [0.5, 0.6) is 0 Å². The van der Waals surface area contributed by atoms with E-state index in [1.54, 1.807) is 31.3 Å². The van der Waals surface area contributed by atoms with E-state index in [0.717, 1.165) is 0 Å². The van der Waals surface area contributed by atoms with E-state index in [1.165, 1.54) is 24.5 Å². The number of pyridine rings is 2. The van der Waals surface area contributed by atoms with Gasteiger partial charge in [0.05, 0.1) is 16.6 Å². The number of benzene rings is 2. The van der Waals surface area contributed by atoms with Gasteiger partial charge in [-0.05, 0) is 47.5 Å². The van der Waals surface area contributed by atoms with E-state index in [-0.39, 0.29) is 17.9 Å². The third-order valence-electron chi connectivity index (χ3n) is 4.07. The van der Waals surface area contributed by atoms with Crippen molar-refractivity contribution in [2.45, 2.75) is 6.54 Å². The van der Waals surface area contributed by atoms with Crippen molar-refractivity contribution in [2.24, 2.45) is 5.11 Å². The maximum Gasteiger partial charge on any atom is 0.151 e. The topological polar surface area (TPSA) is 86.6 Å². The molecule has 2 heterocycles. The Morgan fingerprint density at radius 2 is 1.50 bits per heavy atom. The summed E-state index contributed by atoms with van der Waals surface area (Å²) < 4.78 is 27.0. The Balaban J connectivity index is 0.000000172. The van der Waals surface area contributed by atoms with Crippen molar-refractivity contribution in [1.29, 1.82) is 0 Å². The minimum atomic E-state index is -0.447. The summed E-state index contributed by atoms with van der Waals surface area (Å²) in [6, 6.07) is 9.52. The van der Waals surface area contributed by atoms with Gasteiger partial charge < -0.3 is 5.32 Å². The molecule has 4 aromatic rings. The Hall–Kier alpha value is -3.19. The first-order chi connectivity index (χ1) is 14.4. The number of nitrogens with zero attached hydrogens (tertiary/aromatic N) is 5. The van der Waals surface area contributed by atoms with Gasteiger partial charge in [-0.3, -0.25) is 9.97 Å². The monoisotopic (exact) mass is 446 g/mol. The van der Waals surface area contributed by atoms with Crippen molar-refractivity contribution in [3.63, 3.8) is 0 Å². The van der Waals surface area contributed by atoms with Crippen LogP contribution < -0.4 is 5.32 Å². The van der Waals surface area contributed by atoms with Gasteiger partial charge in [-0.15, -0.1) is 0 Å². The fourth-order valence-electron chi connectivity index (χ4n) is 2.76. The molecule has 0 fully saturated rings. The second-order valence-electron chi connectivity index (χ2n) is 6.13. The first-order valence-corrected chi connectivity index (χ1v) is 9.34. The Bertz CT molecular complexity index is 1280. The van der Waals surface area contributed by atoms with E-state index in [4.69, 9.17) is 28.7 Å². The molecule has 0 saturated carbocycles.